The van der Waals surface area contributed by atoms with Gasteiger partial charge < -0.3 is 10.2 Å². The second kappa shape index (κ2) is 8.04. The molecular formula is C14H23N3OS. The number of amides is 1. The molecule has 5 heteroatoms. The minimum absolute atomic E-state index is 0.0470. The molecule has 1 heterocycles. The van der Waals surface area contributed by atoms with Gasteiger partial charge in [-0.25, -0.2) is 4.98 Å². The van der Waals surface area contributed by atoms with Crippen LogP contribution >= 0.6 is 11.8 Å². The highest BCUT2D eigenvalue weighted by atomic mass is 32.2. The van der Waals surface area contributed by atoms with Crippen LogP contribution in [0.25, 0.3) is 0 Å². The molecule has 4 nitrogen and oxygen atoms in total. The second-order valence-corrected chi connectivity index (χ2v) is 5.70. The van der Waals surface area contributed by atoms with Crippen LogP contribution in [0.3, 0.4) is 0 Å². The fourth-order valence-corrected chi connectivity index (χ4v) is 2.45. The monoisotopic (exact) mass is 281 g/mol. The molecule has 0 saturated carbocycles. The molecule has 1 aromatic heterocycles. The van der Waals surface area contributed by atoms with E-state index in [0.717, 1.165) is 23.9 Å². The third kappa shape index (κ3) is 4.74. The normalized spacial score (nSPS) is 12.0. The standard InChI is InChI=1S/C14H23N3OS/c1-5-15-13-9-12(7-8-16-13)14(18)17(4)11(3)10-19-6-2/h7-9,11H,5-6,10H2,1-4H3,(H,15,16)/t11-/m1/s1. The Morgan fingerprint density at radius 1 is 1.53 bits per heavy atom. The molecule has 0 aromatic carbocycles. The van der Waals surface area contributed by atoms with Crippen LogP contribution < -0.4 is 5.32 Å². The Morgan fingerprint density at radius 3 is 2.89 bits per heavy atom. The van der Waals surface area contributed by atoms with Crippen LogP contribution in [-0.2, 0) is 0 Å². The van der Waals surface area contributed by atoms with Gasteiger partial charge in [0.2, 0.25) is 0 Å². The molecule has 19 heavy (non-hydrogen) atoms. The number of nitrogens with one attached hydrogen (secondary N) is 1. The number of hydrogen-bond acceptors (Lipinski definition) is 4. The van der Waals surface area contributed by atoms with Crippen molar-refractivity contribution in [2.24, 2.45) is 0 Å². The summed E-state index contributed by atoms with van der Waals surface area (Å²) in [6, 6.07) is 3.80. The predicted octanol–water partition coefficient (Wildman–Crippen LogP) is 2.73. The van der Waals surface area contributed by atoms with Crippen LogP contribution in [0.4, 0.5) is 5.82 Å². The summed E-state index contributed by atoms with van der Waals surface area (Å²) in [5.74, 6) is 2.83. The largest absolute Gasteiger partial charge is 0.370 e. The number of carbonyl (C=O) groups excluding carboxylic acids is 1. The van der Waals surface area contributed by atoms with Crippen molar-refractivity contribution in [3.05, 3.63) is 23.9 Å². The summed E-state index contributed by atoms with van der Waals surface area (Å²) in [7, 11) is 1.86. The average molecular weight is 281 g/mol. The predicted molar refractivity (Wildman–Crippen MR) is 83.0 cm³/mol. The molecule has 1 atom stereocenters. The van der Waals surface area contributed by atoms with E-state index in [0.29, 0.717) is 5.56 Å². The van der Waals surface area contributed by atoms with Crippen LogP contribution in [0, 0.1) is 0 Å². The zero-order valence-corrected chi connectivity index (χ0v) is 13.0. The number of rotatable bonds is 7. The number of anilines is 1. The number of aromatic nitrogens is 1. The number of pyridine rings is 1. The summed E-state index contributed by atoms with van der Waals surface area (Å²) in [4.78, 5) is 18.3. The maximum absolute atomic E-state index is 12.4. The highest BCUT2D eigenvalue weighted by Crippen LogP contribution is 2.13. The molecule has 106 valence electrons. The average Bonchev–Trinajstić information content (AvgIpc) is 2.43. The van der Waals surface area contributed by atoms with Crippen molar-refractivity contribution < 1.29 is 4.79 Å². The molecule has 0 spiro atoms. The van der Waals surface area contributed by atoms with E-state index in [4.69, 9.17) is 0 Å². The van der Waals surface area contributed by atoms with Gasteiger partial charge in [0, 0.05) is 37.1 Å². The zero-order valence-electron chi connectivity index (χ0n) is 12.1. The summed E-state index contributed by atoms with van der Waals surface area (Å²) >= 11 is 1.85. The van der Waals surface area contributed by atoms with Crippen molar-refractivity contribution in [3.8, 4) is 0 Å². The van der Waals surface area contributed by atoms with E-state index in [1.165, 1.54) is 0 Å². The Morgan fingerprint density at radius 2 is 2.26 bits per heavy atom. The van der Waals surface area contributed by atoms with Gasteiger partial charge in [0.15, 0.2) is 0 Å². The fraction of sp³-hybridized carbons (Fsp3) is 0.571. The lowest BCUT2D eigenvalue weighted by molar-refractivity contribution is 0.0757. The van der Waals surface area contributed by atoms with Crippen LogP contribution in [-0.4, -0.2) is 46.9 Å². The first kappa shape index (κ1) is 15.8. The van der Waals surface area contributed by atoms with Crippen LogP contribution in [0.1, 0.15) is 31.1 Å². The summed E-state index contributed by atoms with van der Waals surface area (Å²) in [5.41, 5.74) is 0.682. The van der Waals surface area contributed by atoms with Crippen molar-refractivity contribution in [2.75, 3.05) is 30.4 Å². The third-order valence-corrected chi connectivity index (χ3v) is 4.04. The van der Waals surface area contributed by atoms with E-state index in [1.54, 1.807) is 17.2 Å². The maximum Gasteiger partial charge on any atom is 0.254 e. The number of hydrogen-bond donors (Lipinski definition) is 1. The molecule has 0 aliphatic heterocycles. The van der Waals surface area contributed by atoms with Gasteiger partial charge >= 0.3 is 0 Å². The van der Waals surface area contributed by atoms with Gasteiger partial charge in [-0.05, 0) is 31.7 Å². The summed E-state index contributed by atoms with van der Waals surface area (Å²) < 4.78 is 0. The molecule has 0 unspecified atom stereocenters. The van der Waals surface area contributed by atoms with E-state index in [-0.39, 0.29) is 11.9 Å². The molecule has 0 saturated heterocycles. The smallest absolute Gasteiger partial charge is 0.254 e. The Bertz CT molecular complexity index is 411. The minimum atomic E-state index is 0.0470. The van der Waals surface area contributed by atoms with Crippen molar-refractivity contribution in [1.82, 2.24) is 9.88 Å². The zero-order chi connectivity index (χ0) is 14.3. The molecule has 0 bridgehead atoms. The van der Waals surface area contributed by atoms with E-state index < -0.39 is 0 Å². The minimum Gasteiger partial charge on any atom is -0.370 e. The lowest BCUT2D eigenvalue weighted by Crippen LogP contribution is -2.36. The van der Waals surface area contributed by atoms with Gasteiger partial charge in [0.1, 0.15) is 5.82 Å². The van der Waals surface area contributed by atoms with Crippen molar-refractivity contribution in [2.45, 2.75) is 26.8 Å². The topological polar surface area (TPSA) is 45.2 Å². The Kier molecular flexibility index (Phi) is 6.70. The van der Waals surface area contributed by atoms with Crippen molar-refractivity contribution in [3.63, 3.8) is 0 Å². The Labute approximate surface area is 120 Å². The SMILES string of the molecule is CCNc1cc(C(=O)N(C)[C@H](C)CSCC)ccn1. The molecule has 1 rings (SSSR count). The van der Waals surface area contributed by atoms with Gasteiger partial charge in [-0.1, -0.05) is 6.92 Å². The lowest BCUT2D eigenvalue weighted by atomic mass is 10.2. The first-order valence-electron chi connectivity index (χ1n) is 6.65. The van der Waals surface area contributed by atoms with Gasteiger partial charge in [-0.2, -0.15) is 11.8 Å². The maximum atomic E-state index is 12.4. The van der Waals surface area contributed by atoms with Crippen LogP contribution in [0.5, 0.6) is 0 Å². The molecule has 0 aliphatic carbocycles. The second-order valence-electron chi connectivity index (χ2n) is 4.38. The highest BCUT2D eigenvalue weighted by molar-refractivity contribution is 7.99. The fourth-order valence-electron chi connectivity index (χ4n) is 1.65. The number of carbonyl (C=O) groups is 1. The quantitative estimate of drug-likeness (QED) is 0.834. The van der Waals surface area contributed by atoms with Crippen LogP contribution in [0.15, 0.2) is 18.3 Å². The Balaban J connectivity index is 2.73. The van der Waals surface area contributed by atoms with Gasteiger partial charge in [-0.3, -0.25) is 4.79 Å². The lowest BCUT2D eigenvalue weighted by Gasteiger charge is -2.24. The number of nitrogens with zero attached hydrogens (tertiary/aromatic N) is 2. The molecule has 1 aromatic rings. The molecule has 0 radical (unpaired) electrons. The van der Waals surface area contributed by atoms with E-state index >= 15 is 0 Å². The molecule has 0 aliphatic rings. The third-order valence-electron chi connectivity index (χ3n) is 2.91. The molecule has 0 fully saturated rings. The van der Waals surface area contributed by atoms with Crippen LogP contribution in [0.2, 0.25) is 0 Å². The Hall–Kier alpha value is -1.23. The summed E-state index contributed by atoms with van der Waals surface area (Å²) in [5, 5.41) is 3.12. The number of thioether (sulfide) groups is 1. The van der Waals surface area contributed by atoms with Crippen molar-refractivity contribution in [1.29, 1.82) is 0 Å². The van der Waals surface area contributed by atoms with Gasteiger partial charge in [0.25, 0.3) is 5.91 Å². The highest BCUT2D eigenvalue weighted by Gasteiger charge is 2.17. The van der Waals surface area contributed by atoms with E-state index in [2.05, 4.69) is 24.1 Å². The first-order valence-corrected chi connectivity index (χ1v) is 7.80. The molecule has 1 N–H and O–H groups in total. The summed E-state index contributed by atoms with van der Waals surface area (Å²) in [6.07, 6.45) is 1.67. The molecule has 1 amide bonds. The van der Waals surface area contributed by atoms with E-state index in [9.17, 15) is 4.79 Å². The van der Waals surface area contributed by atoms with Crippen molar-refractivity contribution >= 4 is 23.5 Å². The van der Waals surface area contributed by atoms with Gasteiger partial charge in [0.05, 0.1) is 0 Å². The first-order chi connectivity index (χ1) is 9.10. The van der Waals surface area contributed by atoms with E-state index in [1.807, 2.05) is 31.8 Å². The molecular weight excluding hydrogens is 258 g/mol. The van der Waals surface area contributed by atoms with Gasteiger partial charge in [-0.15, -0.1) is 0 Å². The summed E-state index contributed by atoms with van der Waals surface area (Å²) in [6.45, 7) is 7.01.